The van der Waals surface area contributed by atoms with Crippen LogP contribution in [0.1, 0.15) is 20.8 Å². The molecule has 0 unspecified atom stereocenters. The molecule has 12 heavy (non-hydrogen) atoms. The van der Waals surface area contributed by atoms with E-state index in [-0.39, 0.29) is 9.07 Å². The van der Waals surface area contributed by atoms with Crippen LogP contribution in [0.15, 0.2) is 0 Å². The molecule has 0 fully saturated rings. The Labute approximate surface area is 85.4 Å². The maximum absolute atomic E-state index is 12.4. The Morgan fingerprint density at radius 2 is 1.75 bits per heavy atom. The van der Waals surface area contributed by atoms with Crippen LogP contribution < -0.4 is 4.72 Å². The predicted molar refractivity (Wildman–Crippen MR) is 64.5 cm³/mol. The minimum absolute atomic E-state index is 0.284. The second kappa shape index (κ2) is 2.96. The Hall–Kier alpha value is 0.390. The number of hydrogen-bond acceptors (Lipinski definition) is 2. The first kappa shape index (κ1) is 12.4. The lowest BCUT2D eigenvalue weighted by molar-refractivity contribution is 0.618. The van der Waals surface area contributed by atoms with Gasteiger partial charge in [0.25, 0.3) is 0 Å². The van der Waals surface area contributed by atoms with Crippen LogP contribution in [0, 0.1) is 0 Å². The Balaban J connectivity index is 5.01. The monoisotopic (exact) mass is 227 g/mol. The quantitative estimate of drug-likeness (QED) is 0.526. The van der Waals surface area contributed by atoms with E-state index in [1.807, 2.05) is 20.8 Å². The van der Waals surface area contributed by atoms with E-state index in [1.54, 1.807) is 12.5 Å². The molecule has 0 spiro atoms. The third-order valence-corrected chi connectivity index (χ3v) is 7.02. The molecular formula is C7H17NOS3. The van der Waals surface area contributed by atoms with Gasteiger partial charge in [0.15, 0.2) is 0 Å². The maximum atomic E-state index is 12.4. The number of thiol groups is 1. The number of hydrogen-bond donors (Lipinski definition) is 2. The summed E-state index contributed by atoms with van der Waals surface area (Å²) in [5.41, 5.74) is 0. The summed E-state index contributed by atoms with van der Waals surface area (Å²) in [7, 11) is -2.90. The van der Waals surface area contributed by atoms with Crippen molar-refractivity contribution in [2.24, 2.45) is 0 Å². The Morgan fingerprint density at radius 1 is 1.42 bits per heavy atom. The van der Waals surface area contributed by atoms with Crippen LogP contribution in [0.5, 0.6) is 0 Å². The lowest BCUT2D eigenvalue weighted by Crippen LogP contribution is -2.59. The summed E-state index contributed by atoms with van der Waals surface area (Å²) in [4.78, 5) is 0. The molecule has 0 aromatic rings. The summed E-state index contributed by atoms with van der Waals surface area (Å²) in [6.45, 7) is 5.75. The number of nitrogens with one attached hydrogen (secondary N) is 1. The lowest BCUT2D eigenvalue weighted by Gasteiger charge is -2.47. The van der Waals surface area contributed by atoms with Gasteiger partial charge in [0.05, 0.1) is 0 Å². The normalized spacial score (nSPS) is 16.3. The molecule has 0 aromatic heterocycles. The SMILES string of the molecule is CC(C)(C)S(C)(C)(=O)NC(=S)S. The van der Waals surface area contributed by atoms with E-state index in [0.29, 0.717) is 0 Å². The standard InChI is InChI=1S/C7H17NOS3/c1-7(2,3)12(4,5,9)8-6(10)11/h1-5H3,(H2,8,9,10,11). The molecule has 0 rings (SSSR count). The Morgan fingerprint density at radius 3 is 1.83 bits per heavy atom. The third-order valence-electron chi connectivity index (χ3n) is 2.17. The average Bonchev–Trinajstić information content (AvgIpc) is 1.52. The van der Waals surface area contributed by atoms with E-state index in [4.69, 9.17) is 12.2 Å². The van der Waals surface area contributed by atoms with Crippen molar-refractivity contribution in [3.63, 3.8) is 0 Å². The first-order valence-electron chi connectivity index (χ1n) is 3.57. The molecule has 0 bridgehead atoms. The molecule has 0 aliphatic heterocycles. The van der Waals surface area contributed by atoms with Crippen molar-refractivity contribution >= 4 is 38.4 Å². The molecule has 0 saturated heterocycles. The molecule has 0 saturated carbocycles. The fourth-order valence-electron chi connectivity index (χ4n) is 0.407. The maximum Gasteiger partial charge on any atom is 0.141 e. The molecule has 5 heteroatoms. The van der Waals surface area contributed by atoms with Gasteiger partial charge in [0, 0.05) is 17.3 Å². The molecule has 0 amide bonds. The van der Waals surface area contributed by atoms with Gasteiger partial charge >= 0.3 is 0 Å². The Kier molecular flexibility index (Phi) is 3.05. The van der Waals surface area contributed by atoms with E-state index >= 15 is 0 Å². The molecule has 0 radical (unpaired) electrons. The van der Waals surface area contributed by atoms with Gasteiger partial charge in [-0.05, 0) is 30.0 Å². The molecule has 2 nitrogen and oxygen atoms in total. The van der Waals surface area contributed by atoms with Gasteiger partial charge in [-0.2, -0.15) is 0 Å². The van der Waals surface area contributed by atoms with Gasteiger partial charge in [0.2, 0.25) is 0 Å². The second-order valence-electron chi connectivity index (χ2n) is 4.35. The van der Waals surface area contributed by atoms with Crippen LogP contribution in [-0.4, -0.2) is 25.8 Å². The molecule has 0 heterocycles. The smallest absolute Gasteiger partial charge is 0.141 e. The van der Waals surface area contributed by atoms with Gasteiger partial charge in [0.1, 0.15) is 4.32 Å². The van der Waals surface area contributed by atoms with E-state index in [1.165, 1.54) is 0 Å². The number of rotatable bonds is 1. The van der Waals surface area contributed by atoms with Crippen molar-refractivity contribution in [3.8, 4) is 0 Å². The highest BCUT2D eigenvalue weighted by molar-refractivity contribution is 8.21. The second-order valence-corrected chi connectivity index (χ2v) is 10.6. The van der Waals surface area contributed by atoms with Crippen molar-refractivity contribution in [3.05, 3.63) is 0 Å². The zero-order valence-electron chi connectivity index (χ0n) is 8.17. The molecular weight excluding hydrogens is 210 g/mol. The molecule has 0 aliphatic rings. The summed E-state index contributed by atoms with van der Waals surface area (Å²) < 4.78 is 15.1. The van der Waals surface area contributed by atoms with Crippen molar-refractivity contribution < 1.29 is 4.21 Å². The largest absolute Gasteiger partial charge is 0.310 e. The fraction of sp³-hybridized carbons (Fsp3) is 0.857. The van der Waals surface area contributed by atoms with Crippen LogP contribution in [0.3, 0.4) is 0 Å². The summed E-state index contributed by atoms with van der Waals surface area (Å²) in [6, 6.07) is 0. The van der Waals surface area contributed by atoms with Crippen molar-refractivity contribution in [2.75, 3.05) is 12.5 Å². The summed E-state index contributed by atoms with van der Waals surface area (Å²) >= 11 is 8.69. The van der Waals surface area contributed by atoms with Crippen LogP contribution >= 0.6 is 24.8 Å². The summed E-state index contributed by atoms with van der Waals surface area (Å²) in [5.74, 6) is 0. The fourth-order valence-corrected chi connectivity index (χ4v) is 2.74. The minimum Gasteiger partial charge on any atom is -0.310 e. The van der Waals surface area contributed by atoms with Gasteiger partial charge in [-0.25, -0.2) is 0 Å². The zero-order valence-corrected chi connectivity index (χ0v) is 10.7. The molecule has 0 atom stereocenters. The van der Waals surface area contributed by atoms with Crippen molar-refractivity contribution in [1.29, 1.82) is 0 Å². The van der Waals surface area contributed by atoms with Gasteiger partial charge in [-0.15, -0.1) is 12.6 Å². The highest BCUT2D eigenvalue weighted by atomic mass is 32.3. The highest BCUT2D eigenvalue weighted by Crippen LogP contribution is 2.31. The van der Waals surface area contributed by atoms with E-state index in [9.17, 15) is 4.21 Å². The molecule has 0 aromatic carbocycles. The van der Waals surface area contributed by atoms with Gasteiger partial charge < -0.3 is 4.72 Å². The number of thiocarbonyl (C=S) groups is 1. The van der Waals surface area contributed by atoms with Gasteiger partial charge in [-0.1, -0.05) is 12.2 Å². The first-order valence-corrected chi connectivity index (χ1v) is 7.21. The topological polar surface area (TPSA) is 29.1 Å². The third kappa shape index (κ3) is 2.71. The van der Waals surface area contributed by atoms with E-state index < -0.39 is 9.25 Å². The van der Waals surface area contributed by atoms with E-state index in [0.717, 1.165) is 0 Å². The predicted octanol–water partition coefficient (Wildman–Crippen LogP) is 1.58. The Bertz CT molecular complexity index is 258. The molecule has 0 aliphatic carbocycles. The van der Waals surface area contributed by atoms with Crippen LogP contribution in [0.25, 0.3) is 0 Å². The molecule has 1 N–H and O–H groups in total. The zero-order chi connectivity index (χ0) is 10.2. The lowest BCUT2D eigenvalue weighted by atomic mass is 10.3. The van der Waals surface area contributed by atoms with Gasteiger partial charge in [-0.3, -0.25) is 4.21 Å². The van der Waals surface area contributed by atoms with Crippen molar-refractivity contribution in [1.82, 2.24) is 4.72 Å². The van der Waals surface area contributed by atoms with Crippen LogP contribution in [-0.2, 0) is 9.25 Å². The summed E-state index contributed by atoms with van der Waals surface area (Å²) in [5, 5.41) is 0. The highest BCUT2D eigenvalue weighted by Gasteiger charge is 2.38. The van der Waals surface area contributed by atoms with Crippen LogP contribution in [0.2, 0.25) is 0 Å². The van der Waals surface area contributed by atoms with Crippen molar-refractivity contribution in [2.45, 2.75) is 25.5 Å². The summed E-state index contributed by atoms with van der Waals surface area (Å²) in [6.07, 6.45) is 3.39. The van der Waals surface area contributed by atoms with E-state index in [2.05, 4.69) is 17.4 Å². The molecule has 74 valence electrons. The van der Waals surface area contributed by atoms with Crippen LogP contribution in [0.4, 0.5) is 0 Å². The minimum atomic E-state index is -2.90. The first-order chi connectivity index (χ1) is 4.94. The average molecular weight is 227 g/mol.